The number of hydrazone groups is 1. The van der Waals surface area contributed by atoms with E-state index in [0.717, 1.165) is 17.8 Å². The summed E-state index contributed by atoms with van der Waals surface area (Å²) in [7, 11) is 0. The van der Waals surface area contributed by atoms with E-state index in [1.807, 2.05) is 13.0 Å². The number of carbonyl (C=O) groups excluding carboxylic acids is 2. The van der Waals surface area contributed by atoms with Crippen LogP contribution in [0.25, 0.3) is 0 Å². The molecule has 0 rings (SSSR count). The molecule has 0 atom stereocenters. The Labute approximate surface area is 119 Å². The average Bonchev–Trinajstić information content (AvgIpc) is 2.28. The molecule has 0 heterocycles. The van der Waals surface area contributed by atoms with E-state index in [4.69, 9.17) is 4.74 Å². The summed E-state index contributed by atoms with van der Waals surface area (Å²) >= 11 is 0. The lowest BCUT2D eigenvalue weighted by atomic mass is 10.2. The Kier molecular flexibility index (Phi) is 7.28. The first-order valence-electron chi connectivity index (χ1n) is 6.25. The van der Waals surface area contributed by atoms with E-state index >= 15 is 0 Å². The van der Waals surface area contributed by atoms with Crippen LogP contribution in [0, 0.1) is 0 Å². The minimum absolute atomic E-state index is 0.310. The van der Waals surface area contributed by atoms with E-state index in [0.29, 0.717) is 5.70 Å². The maximum atomic E-state index is 12.0. The van der Waals surface area contributed by atoms with Crippen LogP contribution in [0.15, 0.2) is 29.5 Å². The highest BCUT2D eigenvalue weighted by molar-refractivity contribution is 5.77. The van der Waals surface area contributed by atoms with Gasteiger partial charge in [0.15, 0.2) is 0 Å². The number of nitrogens with zero attached hydrogens (tertiary/aromatic N) is 2. The number of allylic oxidation sites excluding steroid dienone is 2. The van der Waals surface area contributed by atoms with Crippen molar-refractivity contribution in [2.45, 2.75) is 46.6 Å². The molecular weight excluding hydrogens is 260 g/mol. The number of carbonyl (C=O) groups is 2. The molecule has 0 saturated heterocycles. The van der Waals surface area contributed by atoms with E-state index in [9.17, 15) is 9.59 Å². The van der Waals surface area contributed by atoms with E-state index in [1.54, 1.807) is 26.8 Å². The molecule has 0 fully saturated rings. The molecule has 0 aliphatic rings. The molecule has 0 aliphatic carbocycles. The molecular formula is C14H22N2O4. The Morgan fingerprint density at radius 2 is 1.95 bits per heavy atom. The Bertz CT molecular complexity index is 419. The van der Waals surface area contributed by atoms with Crippen molar-refractivity contribution < 1.29 is 19.1 Å². The topological polar surface area (TPSA) is 68.2 Å². The molecule has 0 saturated carbocycles. The second kappa shape index (κ2) is 8.14. The van der Waals surface area contributed by atoms with Crippen LogP contribution >= 0.6 is 0 Å². The van der Waals surface area contributed by atoms with Crippen molar-refractivity contribution in [2.75, 3.05) is 0 Å². The second-order valence-corrected chi connectivity index (χ2v) is 4.92. The van der Waals surface area contributed by atoms with Crippen LogP contribution in [0.5, 0.6) is 0 Å². The number of hydrogen-bond donors (Lipinski definition) is 0. The zero-order chi connectivity index (χ0) is 15.8. The fourth-order valence-electron chi connectivity index (χ4n) is 1.01. The van der Waals surface area contributed by atoms with Gasteiger partial charge in [0.2, 0.25) is 6.40 Å². The van der Waals surface area contributed by atoms with Gasteiger partial charge < -0.3 is 9.47 Å². The number of hydrogen-bond acceptors (Lipinski definition) is 5. The van der Waals surface area contributed by atoms with Crippen molar-refractivity contribution >= 4 is 18.5 Å². The van der Waals surface area contributed by atoms with Gasteiger partial charge in [-0.2, -0.15) is 5.01 Å². The van der Waals surface area contributed by atoms with Crippen LogP contribution in [0.1, 0.15) is 41.0 Å². The molecule has 0 radical (unpaired) electrons. The number of rotatable bonds is 5. The van der Waals surface area contributed by atoms with Crippen LogP contribution in [0.4, 0.5) is 4.79 Å². The summed E-state index contributed by atoms with van der Waals surface area (Å²) in [6.07, 6.45) is 4.41. The molecule has 6 nitrogen and oxygen atoms in total. The standard InChI is InChI=1S/C14H22N2O4/c1-7-8-9-11(2)16(15-10-19-12(3)17)13(18)20-14(4,5)6/h8-10H,2,7H2,1,3-6H3/b9-8-,15-10-. The van der Waals surface area contributed by atoms with Gasteiger partial charge in [-0.3, -0.25) is 4.79 Å². The number of amides is 1. The van der Waals surface area contributed by atoms with Gasteiger partial charge in [0.1, 0.15) is 5.60 Å². The number of ether oxygens (including phenoxy) is 2. The molecule has 0 aromatic rings. The van der Waals surface area contributed by atoms with Gasteiger partial charge in [-0.1, -0.05) is 19.6 Å². The molecule has 20 heavy (non-hydrogen) atoms. The predicted molar refractivity (Wildman–Crippen MR) is 76.9 cm³/mol. The first-order valence-corrected chi connectivity index (χ1v) is 6.25. The van der Waals surface area contributed by atoms with Crippen LogP contribution in [-0.2, 0) is 14.3 Å². The van der Waals surface area contributed by atoms with E-state index in [1.165, 1.54) is 6.92 Å². The third-order valence-electron chi connectivity index (χ3n) is 1.77. The van der Waals surface area contributed by atoms with Gasteiger partial charge in [0.05, 0.1) is 5.70 Å². The van der Waals surface area contributed by atoms with Crippen LogP contribution in [0.2, 0.25) is 0 Å². The summed E-state index contributed by atoms with van der Waals surface area (Å²) in [6.45, 7) is 12.1. The lowest BCUT2D eigenvalue weighted by Gasteiger charge is -2.24. The van der Waals surface area contributed by atoms with Crippen molar-refractivity contribution in [2.24, 2.45) is 5.10 Å². The zero-order valence-corrected chi connectivity index (χ0v) is 12.7. The van der Waals surface area contributed by atoms with Crippen molar-refractivity contribution in [1.29, 1.82) is 0 Å². The quantitative estimate of drug-likeness (QED) is 0.255. The third-order valence-corrected chi connectivity index (χ3v) is 1.77. The Morgan fingerprint density at radius 3 is 2.40 bits per heavy atom. The predicted octanol–water partition coefficient (Wildman–Crippen LogP) is 3.21. The minimum atomic E-state index is -0.702. The van der Waals surface area contributed by atoms with Crippen molar-refractivity contribution in [3.63, 3.8) is 0 Å². The summed E-state index contributed by atoms with van der Waals surface area (Å²) in [5.41, 5.74) is -0.356. The Hall–Kier alpha value is -2.11. The highest BCUT2D eigenvalue weighted by Crippen LogP contribution is 2.14. The summed E-state index contributed by atoms with van der Waals surface area (Å²) < 4.78 is 9.76. The summed E-state index contributed by atoms with van der Waals surface area (Å²) in [4.78, 5) is 22.7. The summed E-state index contributed by atoms with van der Waals surface area (Å²) in [6, 6.07) is 0. The van der Waals surface area contributed by atoms with E-state index in [-0.39, 0.29) is 0 Å². The van der Waals surface area contributed by atoms with Crippen LogP contribution < -0.4 is 0 Å². The SMILES string of the molecule is C=C(/C=C\CC)N(/N=C\OC(C)=O)C(=O)OC(C)(C)C. The number of esters is 1. The summed E-state index contributed by atoms with van der Waals surface area (Å²) in [5, 5.41) is 4.67. The molecule has 0 unspecified atom stereocenters. The molecule has 0 spiro atoms. The average molecular weight is 282 g/mol. The second-order valence-electron chi connectivity index (χ2n) is 4.92. The smallest absolute Gasteiger partial charge is 0.435 e. The van der Waals surface area contributed by atoms with E-state index < -0.39 is 17.7 Å². The molecule has 0 aromatic heterocycles. The maximum Gasteiger partial charge on any atom is 0.435 e. The van der Waals surface area contributed by atoms with Crippen LogP contribution in [0.3, 0.4) is 0 Å². The van der Waals surface area contributed by atoms with Crippen molar-refractivity contribution in [3.8, 4) is 0 Å². The monoisotopic (exact) mass is 282 g/mol. The minimum Gasteiger partial charge on any atom is -0.442 e. The van der Waals surface area contributed by atoms with Gasteiger partial charge in [0, 0.05) is 6.92 Å². The van der Waals surface area contributed by atoms with E-state index in [2.05, 4.69) is 16.4 Å². The van der Waals surface area contributed by atoms with Crippen molar-refractivity contribution in [3.05, 3.63) is 24.4 Å². The lowest BCUT2D eigenvalue weighted by molar-refractivity contribution is -0.132. The molecule has 0 N–H and O–H groups in total. The van der Waals surface area contributed by atoms with Gasteiger partial charge in [-0.05, 0) is 33.3 Å². The van der Waals surface area contributed by atoms with Gasteiger partial charge in [-0.15, -0.1) is 5.10 Å². The summed E-state index contributed by atoms with van der Waals surface area (Å²) in [5.74, 6) is -0.535. The highest BCUT2D eigenvalue weighted by atomic mass is 16.6. The fraction of sp³-hybridized carbons (Fsp3) is 0.500. The van der Waals surface area contributed by atoms with Crippen molar-refractivity contribution in [1.82, 2.24) is 5.01 Å². The third kappa shape index (κ3) is 8.07. The molecule has 0 aromatic carbocycles. The molecule has 6 heteroatoms. The van der Waals surface area contributed by atoms with Crippen LogP contribution in [-0.4, -0.2) is 29.1 Å². The van der Waals surface area contributed by atoms with Gasteiger partial charge >= 0.3 is 12.1 Å². The first-order chi connectivity index (χ1) is 9.17. The molecule has 0 aliphatic heterocycles. The Morgan fingerprint density at radius 1 is 1.35 bits per heavy atom. The molecule has 112 valence electrons. The largest absolute Gasteiger partial charge is 0.442 e. The normalized spacial score (nSPS) is 11.7. The zero-order valence-electron chi connectivity index (χ0n) is 12.7. The fourth-order valence-corrected chi connectivity index (χ4v) is 1.01. The highest BCUT2D eigenvalue weighted by Gasteiger charge is 2.23. The van der Waals surface area contributed by atoms with Gasteiger partial charge in [0.25, 0.3) is 0 Å². The molecule has 1 amide bonds. The maximum absolute atomic E-state index is 12.0. The Balaban J connectivity index is 5.00. The lowest BCUT2D eigenvalue weighted by Crippen LogP contribution is -2.32. The first kappa shape index (κ1) is 17.9. The van der Waals surface area contributed by atoms with Gasteiger partial charge in [-0.25, -0.2) is 4.79 Å². The molecule has 0 bridgehead atoms.